The van der Waals surface area contributed by atoms with Crippen LogP contribution < -0.4 is 10.6 Å². The molecule has 0 aromatic carbocycles. The summed E-state index contributed by atoms with van der Waals surface area (Å²) in [5.74, 6) is 0.479. The maximum Gasteiger partial charge on any atom is 0.413 e. The number of hydrogen-bond acceptors (Lipinski definition) is 6. The zero-order valence-electron chi connectivity index (χ0n) is 15.1. The number of carbonyl (C=O) groups is 2. The van der Waals surface area contributed by atoms with Crippen LogP contribution in [0.4, 0.5) is 15.4 Å². The number of alkyl carbamates (subject to hydrolysis) is 1. The van der Waals surface area contributed by atoms with E-state index in [-0.39, 0.29) is 17.6 Å². The molecular formula is C17H24N4O5S. The summed E-state index contributed by atoms with van der Waals surface area (Å²) in [6, 6.07) is 5.26. The molecule has 1 aliphatic rings. The molecule has 2 rings (SSSR count). The van der Waals surface area contributed by atoms with Crippen LogP contribution in [0.1, 0.15) is 25.5 Å². The summed E-state index contributed by atoms with van der Waals surface area (Å²) in [4.78, 5) is 28.0. The average Bonchev–Trinajstić information content (AvgIpc) is 2.62. The molecule has 0 bridgehead atoms. The SMILES string of the molecule is CCOC(=O)NC(=S)Nc1cccc(CC(O)C2CCN(C(=O)O)CC2)n1. The first-order valence-corrected chi connectivity index (χ1v) is 9.16. The number of ether oxygens (including phenoxy) is 1. The van der Waals surface area contributed by atoms with Crippen molar-refractivity contribution in [3.05, 3.63) is 23.9 Å². The number of nitrogens with one attached hydrogen (secondary N) is 2. The molecule has 2 heterocycles. The quantitative estimate of drug-likeness (QED) is 0.556. The van der Waals surface area contributed by atoms with Crippen molar-refractivity contribution in [3.8, 4) is 0 Å². The minimum absolute atomic E-state index is 0.0329. The molecule has 0 aliphatic carbocycles. The van der Waals surface area contributed by atoms with Crippen LogP contribution >= 0.6 is 12.2 Å². The van der Waals surface area contributed by atoms with Crippen molar-refractivity contribution in [3.63, 3.8) is 0 Å². The number of piperidine rings is 1. The van der Waals surface area contributed by atoms with E-state index in [9.17, 15) is 14.7 Å². The average molecular weight is 396 g/mol. The lowest BCUT2D eigenvalue weighted by Crippen LogP contribution is -2.41. The predicted octanol–water partition coefficient (Wildman–Crippen LogP) is 1.82. The number of carboxylic acid groups (broad SMARTS) is 1. The van der Waals surface area contributed by atoms with Crippen molar-refractivity contribution in [2.75, 3.05) is 25.0 Å². The standard InChI is InChI=1S/C17H24N4O5S/c1-2-26-16(23)20-15(27)19-14-5-3-4-12(18-14)10-13(22)11-6-8-21(9-7-11)17(24)25/h3-5,11,13,22H,2,6-10H2,1H3,(H,24,25)(H2,18,19,20,23,27). The lowest BCUT2D eigenvalue weighted by molar-refractivity contribution is 0.0576. The second-order valence-corrected chi connectivity index (χ2v) is 6.60. The summed E-state index contributed by atoms with van der Waals surface area (Å²) in [5.41, 5.74) is 0.673. The Balaban J connectivity index is 1.87. The van der Waals surface area contributed by atoms with E-state index in [4.69, 9.17) is 22.1 Å². The first-order chi connectivity index (χ1) is 12.9. The highest BCUT2D eigenvalue weighted by Gasteiger charge is 2.27. The van der Waals surface area contributed by atoms with Crippen LogP contribution in [0.15, 0.2) is 18.2 Å². The maximum atomic E-state index is 11.3. The number of amides is 2. The summed E-state index contributed by atoms with van der Waals surface area (Å²) in [6.07, 6.45) is -0.568. The van der Waals surface area contributed by atoms with Crippen molar-refractivity contribution in [1.29, 1.82) is 0 Å². The van der Waals surface area contributed by atoms with E-state index in [1.165, 1.54) is 4.90 Å². The van der Waals surface area contributed by atoms with Gasteiger partial charge in [0.25, 0.3) is 0 Å². The molecule has 1 fully saturated rings. The van der Waals surface area contributed by atoms with Crippen LogP contribution in [-0.2, 0) is 11.2 Å². The summed E-state index contributed by atoms with van der Waals surface area (Å²) < 4.78 is 4.74. The van der Waals surface area contributed by atoms with Crippen molar-refractivity contribution in [2.24, 2.45) is 5.92 Å². The Hall–Kier alpha value is -2.46. The number of nitrogens with zero attached hydrogens (tertiary/aromatic N) is 2. The van der Waals surface area contributed by atoms with Crippen LogP contribution in [-0.4, -0.2) is 63.2 Å². The third-order valence-corrected chi connectivity index (χ3v) is 4.52. The monoisotopic (exact) mass is 396 g/mol. The number of aliphatic hydroxyl groups excluding tert-OH is 1. The molecule has 1 aliphatic heterocycles. The summed E-state index contributed by atoms with van der Waals surface area (Å²) >= 11 is 5.03. The lowest BCUT2D eigenvalue weighted by Gasteiger charge is -2.32. The molecule has 2 amide bonds. The van der Waals surface area contributed by atoms with Gasteiger partial charge in [0.2, 0.25) is 0 Å². The van der Waals surface area contributed by atoms with E-state index in [0.29, 0.717) is 43.9 Å². The van der Waals surface area contributed by atoms with E-state index in [1.54, 1.807) is 25.1 Å². The van der Waals surface area contributed by atoms with Gasteiger partial charge in [0.05, 0.1) is 12.7 Å². The van der Waals surface area contributed by atoms with Gasteiger partial charge in [-0.05, 0) is 50.0 Å². The minimum atomic E-state index is -0.921. The highest BCUT2D eigenvalue weighted by Crippen LogP contribution is 2.23. The third kappa shape index (κ3) is 6.65. The molecule has 0 radical (unpaired) electrons. The van der Waals surface area contributed by atoms with Gasteiger partial charge in [-0.1, -0.05) is 6.07 Å². The first-order valence-electron chi connectivity index (χ1n) is 8.75. The van der Waals surface area contributed by atoms with Crippen molar-refractivity contribution < 1.29 is 24.5 Å². The number of rotatable bonds is 5. The summed E-state index contributed by atoms with van der Waals surface area (Å²) in [6.45, 7) is 2.79. The molecule has 0 saturated carbocycles. The number of anilines is 1. The Bertz CT molecular complexity index is 679. The molecule has 1 aromatic rings. The van der Waals surface area contributed by atoms with Crippen molar-refractivity contribution in [2.45, 2.75) is 32.3 Å². The molecule has 0 spiro atoms. The molecule has 4 N–H and O–H groups in total. The summed E-state index contributed by atoms with van der Waals surface area (Å²) in [5, 5.41) is 24.7. The number of hydrogen-bond donors (Lipinski definition) is 4. The normalized spacial score (nSPS) is 15.7. The number of likely N-dealkylation sites (tertiary alicyclic amines) is 1. The topological polar surface area (TPSA) is 124 Å². The molecular weight excluding hydrogens is 372 g/mol. The number of pyridine rings is 1. The number of aromatic nitrogens is 1. The van der Waals surface area contributed by atoms with Gasteiger partial charge >= 0.3 is 12.2 Å². The Morgan fingerprint density at radius 2 is 2.11 bits per heavy atom. The third-order valence-electron chi connectivity index (χ3n) is 4.31. The number of aliphatic hydroxyl groups is 1. The highest BCUT2D eigenvalue weighted by atomic mass is 32.1. The van der Waals surface area contributed by atoms with E-state index in [2.05, 4.69) is 15.6 Å². The molecule has 1 unspecified atom stereocenters. The van der Waals surface area contributed by atoms with Gasteiger partial charge in [-0.25, -0.2) is 14.6 Å². The van der Waals surface area contributed by atoms with Crippen LogP contribution in [0.3, 0.4) is 0 Å². The summed E-state index contributed by atoms with van der Waals surface area (Å²) in [7, 11) is 0. The van der Waals surface area contributed by atoms with Crippen LogP contribution in [0.2, 0.25) is 0 Å². The smallest absolute Gasteiger partial charge is 0.413 e. The Kier molecular flexibility index (Phi) is 7.74. The second kappa shape index (κ2) is 10.0. The lowest BCUT2D eigenvalue weighted by atomic mass is 9.89. The molecule has 1 saturated heterocycles. The second-order valence-electron chi connectivity index (χ2n) is 6.19. The largest absolute Gasteiger partial charge is 0.465 e. The van der Waals surface area contributed by atoms with E-state index >= 15 is 0 Å². The Labute approximate surface area is 162 Å². The van der Waals surface area contributed by atoms with Gasteiger partial charge in [0.15, 0.2) is 5.11 Å². The zero-order valence-corrected chi connectivity index (χ0v) is 15.9. The van der Waals surface area contributed by atoms with Gasteiger partial charge < -0.3 is 25.2 Å². The van der Waals surface area contributed by atoms with Crippen molar-refractivity contribution >= 4 is 35.3 Å². The van der Waals surface area contributed by atoms with Gasteiger partial charge in [-0.2, -0.15) is 0 Å². The molecule has 10 heteroatoms. The molecule has 1 aromatic heterocycles. The highest BCUT2D eigenvalue weighted by molar-refractivity contribution is 7.80. The van der Waals surface area contributed by atoms with Gasteiger partial charge in [0, 0.05) is 25.2 Å². The van der Waals surface area contributed by atoms with E-state index in [1.807, 2.05) is 0 Å². The molecule has 9 nitrogen and oxygen atoms in total. The number of thiocarbonyl (C=S) groups is 1. The van der Waals surface area contributed by atoms with Gasteiger partial charge in [-0.15, -0.1) is 0 Å². The Morgan fingerprint density at radius 1 is 1.41 bits per heavy atom. The zero-order chi connectivity index (χ0) is 19.8. The number of carbonyl (C=O) groups excluding carboxylic acids is 1. The minimum Gasteiger partial charge on any atom is -0.465 e. The predicted molar refractivity (Wildman–Crippen MR) is 103 cm³/mol. The fourth-order valence-electron chi connectivity index (χ4n) is 2.93. The molecule has 1 atom stereocenters. The fraction of sp³-hybridized carbons (Fsp3) is 0.529. The van der Waals surface area contributed by atoms with Gasteiger partial charge in [0.1, 0.15) is 5.82 Å². The van der Waals surface area contributed by atoms with E-state index in [0.717, 1.165) is 0 Å². The van der Waals surface area contributed by atoms with Crippen LogP contribution in [0.25, 0.3) is 0 Å². The fourth-order valence-corrected chi connectivity index (χ4v) is 3.11. The molecule has 148 valence electrons. The molecule has 27 heavy (non-hydrogen) atoms. The first kappa shape index (κ1) is 20.8. The van der Waals surface area contributed by atoms with Crippen molar-refractivity contribution in [1.82, 2.24) is 15.2 Å². The van der Waals surface area contributed by atoms with Crippen LogP contribution in [0.5, 0.6) is 0 Å². The van der Waals surface area contributed by atoms with Crippen LogP contribution in [0, 0.1) is 5.92 Å². The van der Waals surface area contributed by atoms with E-state index < -0.39 is 18.3 Å². The maximum absolute atomic E-state index is 11.3. The van der Waals surface area contributed by atoms with Gasteiger partial charge in [-0.3, -0.25) is 5.32 Å². The Morgan fingerprint density at radius 3 is 2.74 bits per heavy atom.